The number of benzene rings is 1. The minimum absolute atomic E-state index is 0.0156. The summed E-state index contributed by atoms with van der Waals surface area (Å²) in [4.78, 5) is 14.5. The van der Waals surface area contributed by atoms with E-state index < -0.39 is 0 Å². The third kappa shape index (κ3) is 4.05. The van der Waals surface area contributed by atoms with Crippen LogP contribution in [0.2, 0.25) is 0 Å². The van der Waals surface area contributed by atoms with Crippen molar-refractivity contribution in [3.8, 4) is 6.07 Å². The molecule has 0 aromatic heterocycles. The lowest BCUT2D eigenvalue weighted by Gasteiger charge is -2.34. The number of anilines is 1. The van der Waals surface area contributed by atoms with Crippen molar-refractivity contribution in [2.24, 2.45) is 0 Å². The first-order chi connectivity index (χ1) is 10.1. The molecule has 1 aromatic rings. The molecule has 1 aliphatic rings. The van der Waals surface area contributed by atoms with Gasteiger partial charge in [0.05, 0.1) is 17.7 Å². The minimum Gasteiger partial charge on any atom is -0.325 e. The number of rotatable bonds is 4. The lowest BCUT2D eigenvalue weighted by molar-refractivity contribution is -0.121. The van der Waals surface area contributed by atoms with E-state index in [0.717, 1.165) is 0 Å². The molecule has 2 rings (SSSR count). The van der Waals surface area contributed by atoms with Crippen LogP contribution in [-0.4, -0.2) is 29.9 Å². The number of hydrogen-bond acceptors (Lipinski definition) is 3. The number of nitrogens with zero attached hydrogens (tertiary/aromatic N) is 2. The van der Waals surface area contributed by atoms with Crippen LogP contribution in [0.1, 0.15) is 44.6 Å². The first kappa shape index (κ1) is 15.5. The van der Waals surface area contributed by atoms with Crippen LogP contribution >= 0.6 is 0 Å². The second-order valence-corrected chi connectivity index (χ2v) is 5.82. The summed E-state index contributed by atoms with van der Waals surface area (Å²) in [6, 6.07) is 9.44. The Hall–Kier alpha value is -1.86. The first-order valence-corrected chi connectivity index (χ1v) is 7.65. The van der Waals surface area contributed by atoms with Crippen molar-refractivity contribution < 1.29 is 4.79 Å². The average Bonchev–Trinajstić information content (AvgIpc) is 2.54. The maximum absolute atomic E-state index is 12.4. The predicted molar refractivity (Wildman–Crippen MR) is 83.9 cm³/mol. The third-order valence-electron chi connectivity index (χ3n) is 4.40. The third-order valence-corrected chi connectivity index (χ3v) is 4.40. The van der Waals surface area contributed by atoms with Gasteiger partial charge in [0.15, 0.2) is 0 Å². The van der Waals surface area contributed by atoms with Gasteiger partial charge in [-0.25, -0.2) is 0 Å². The summed E-state index contributed by atoms with van der Waals surface area (Å²) < 4.78 is 0. The molecular formula is C17H23N3O. The topological polar surface area (TPSA) is 56.1 Å². The standard InChI is InChI=1S/C17H23N3O/c1-13(20(2)16-9-4-3-5-10-16)17(21)19-15-8-6-7-14(11-15)12-18/h6-8,11,13,16H,3-5,9-10H2,1-2H3,(H,19,21). The summed E-state index contributed by atoms with van der Waals surface area (Å²) in [7, 11) is 2.03. The molecule has 1 aliphatic carbocycles. The zero-order chi connectivity index (χ0) is 15.2. The molecule has 0 aliphatic heterocycles. The monoisotopic (exact) mass is 285 g/mol. The number of nitriles is 1. The van der Waals surface area contributed by atoms with E-state index in [1.165, 1.54) is 32.1 Å². The number of nitrogens with one attached hydrogen (secondary N) is 1. The predicted octanol–water partition coefficient (Wildman–Crippen LogP) is 3.15. The van der Waals surface area contributed by atoms with Crippen LogP contribution in [0.15, 0.2) is 24.3 Å². The fraction of sp³-hybridized carbons (Fsp3) is 0.529. The van der Waals surface area contributed by atoms with Crippen molar-refractivity contribution >= 4 is 11.6 Å². The summed E-state index contributed by atoms with van der Waals surface area (Å²) in [5, 5.41) is 11.8. The van der Waals surface area contributed by atoms with Crippen molar-refractivity contribution in [1.29, 1.82) is 5.26 Å². The van der Waals surface area contributed by atoms with Crippen LogP contribution in [-0.2, 0) is 4.79 Å². The molecule has 4 heteroatoms. The van der Waals surface area contributed by atoms with Crippen LogP contribution in [0, 0.1) is 11.3 Å². The van der Waals surface area contributed by atoms with E-state index in [-0.39, 0.29) is 11.9 Å². The maximum Gasteiger partial charge on any atom is 0.241 e. The maximum atomic E-state index is 12.4. The van der Waals surface area contributed by atoms with Gasteiger partial charge in [0.25, 0.3) is 0 Å². The Kier molecular flexibility index (Phi) is 5.35. The first-order valence-electron chi connectivity index (χ1n) is 7.65. The van der Waals surface area contributed by atoms with Crippen LogP contribution in [0.5, 0.6) is 0 Å². The molecule has 112 valence electrons. The lowest BCUT2D eigenvalue weighted by atomic mass is 9.93. The Morgan fingerprint density at radius 3 is 2.76 bits per heavy atom. The van der Waals surface area contributed by atoms with Crippen molar-refractivity contribution in [2.75, 3.05) is 12.4 Å². The summed E-state index contributed by atoms with van der Waals surface area (Å²) in [5.41, 5.74) is 1.24. The molecule has 1 fully saturated rings. The highest BCUT2D eigenvalue weighted by Gasteiger charge is 2.26. The minimum atomic E-state index is -0.168. The normalized spacial score (nSPS) is 17.2. The van der Waals surface area contributed by atoms with Crippen molar-refractivity contribution in [3.63, 3.8) is 0 Å². The van der Waals surface area contributed by atoms with E-state index in [2.05, 4.69) is 16.3 Å². The Morgan fingerprint density at radius 1 is 1.38 bits per heavy atom. The van der Waals surface area contributed by atoms with Gasteiger partial charge in [-0.15, -0.1) is 0 Å². The van der Waals surface area contributed by atoms with Gasteiger partial charge in [0.2, 0.25) is 5.91 Å². The summed E-state index contributed by atoms with van der Waals surface area (Å²) in [6.45, 7) is 1.94. The van der Waals surface area contributed by atoms with Gasteiger partial charge in [-0.05, 0) is 45.0 Å². The number of amides is 1. The van der Waals surface area contributed by atoms with Crippen molar-refractivity contribution in [2.45, 2.75) is 51.1 Å². The molecule has 1 atom stereocenters. The van der Waals surface area contributed by atoms with E-state index in [1.807, 2.05) is 20.0 Å². The summed E-state index contributed by atoms with van der Waals surface area (Å²) in [6.07, 6.45) is 6.18. The van der Waals surface area contributed by atoms with Gasteiger partial charge < -0.3 is 5.32 Å². The molecule has 21 heavy (non-hydrogen) atoms. The summed E-state index contributed by atoms with van der Waals surface area (Å²) in [5.74, 6) is -0.0156. The van der Waals surface area contributed by atoms with Gasteiger partial charge >= 0.3 is 0 Å². The molecule has 4 nitrogen and oxygen atoms in total. The van der Waals surface area contributed by atoms with Crippen LogP contribution < -0.4 is 5.32 Å². The van der Waals surface area contributed by atoms with Gasteiger partial charge in [0, 0.05) is 11.7 Å². The second kappa shape index (κ2) is 7.24. The molecule has 1 N–H and O–H groups in total. The summed E-state index contributed by atoms with van der Waals surface area (Å²) >= 11 is 0. The smallest absolute Gasteiger partial charge is 0.241 e. The van der Waals surface area contributed by atoms with Crippen LogP contribution in [0.25, 0.3) is 0 Å². The molecule has 0 radical (unpaired) electrons. The van der Waals surface area contributed by atoms with Crippen molar-refractivity contribution in [3.05, 3.63) is 29.8 Å². The Balaban J connectivity index is 1.96. The van der Waals surface area contributed by atoms with Gasteiger partial charge in [-0.1, -0.05) is 25.3 Å². The Bertz CT molecular complexity index is 529. The number of hydrogen-bond donors (Lipinski definition) is 1. The zero-order valence-corrected chi connectivity index (χ0v) is 12.8. The highest BCUT2D eigenvalue weighted by atomic mass is 16.2. The number of likely N-dealkylation sites (N-methyl/N-ethyl adjacent to an activating group) is 1. The molecule has 0 saturated heterocycles. The fourth-order valence-electron chi connectivity index (χ4n) is 2.90. The molecular weight excluding hydrogens is 262 g/mol. The zero-order valence-electron chi connectivity index (χ0n) is 12.8. The van der Waals surface area contributed by atoms with Gasteiger partial charge in [-0.3, -0.25) is 9.69 Å². The van der Waals surface area contributed by atoms with Crippen LogP contribution in [0.4, 0.5) is 5.69 Å². The molecule has 0 heterocycles. The van der Waals surface area contributed by atoms with E-state index >= 15 is 0 Å². The fourth-order valence-corrected chi connectivity index (χ4v) is 2.90. The van der Waals surface area contributed by atoms with Gasteiger partial charge in [0.1, 0.15) is 0 Å². The Morgan fingerprint density at radius 2 is 2.10 bits per heavy atom. The quantitative estimate of drug-likeness (QED) is 0.924. The molecule has 1 saturated carbocycles. The van der Waals surface area contributed by atoms with Gasteiger partial charge in [-0.2, -0.15) is 5.26 Å². The van der Waals surface area contributed by atoms with E-state index in [1.54, 1.807) is 18.2 Å². The van der Waals surface area contributed by atoms with E-state index in [9.17, 15) is 4.79 Å². The molecule has 1 amide bonds. The number of carbonyl (C=O) groups is 1. The highest BCUT2D eigenvalue weighted by Crippen LogP contribution is 2.23. The SMILES string of the molecule is CC(C(=O)Nc1cccc(C#N)c1)N(C)C1CCCCC1. The molecule has 1 unspecified atom stereocenters. The highest BCUT2D eigenvalue weighted by molar-refractivity contribution is 5.94. The van der Waals surface area contributed by atoms with Crippen LogP contribution in [0.3, 0.4) is 0 Å². The second-order valence-electron chi connectivity index (χ2n) is 5.82. The Labute approximate surface area is 126 Å². The van der Waals surface area contributed by atoms with E-state index in [4.69, 9.17) is 5.26 Å². The van der Waals surface area contributed by atoms with E-state index in [0.29, 0.717) is 17.3 Å². The number of carbonyl (C=O) groups excluding carboxylic acids is 1. The molecule has 0 spiro atoms. The molecule has 0 bridgehead atoms. The largest absolute Gasteiger partial charge is 0.325 e. The molecule has 1 aromatic carbocycles. The van der Waals surface area contributed by atoms with Crippen molar-refractivity contribution in [1.82, 2.24) is 4.90 Å². The lowest BCUT2D eigenvalue weighted by Crippen LogP contribution is -2.46. The average molecular weight is 285 g/mol.